The van der Waals surface area contributed by atoms with Gasteiger partial charge in [-0.05, 0) is 44.3 Å². The van der Waals surface area contributed by atoms with Crippen molar-refractivity contribution in [1.29, 1.82) is 0 Å². The van der Waals surface area contributed by atoms with Crippen molar-refractivity contribution in [2.24, 2.45) is 5.92 Å². The standard InChI is InChI=1S/C16H30O2Si/c1-8-9-13-10-11-14(15(12-13)17-5)18-19(6,7)16(2,3)4/h13-15H,10-12H2,1-7H3/t13-,14-,15-/m1/s1. The summed E-state index contributed by atoms with van der Waals surface area (Å²) in [4.78, 5) is 0. The molecule has 0 radical (unpaired) electrons. The van der Waals surface area contributed by atoms with Crippen molar-refractivity contribution in [2.75, 3.05) is 7.11 Å². The Morgan fingerprint density at radius 2 is 1.74 bits per heavy atom. The Hall–Kier alpha value is -0.303. The van der Waals surface area contributed by atoms with Gasteiger partial charge in [0.05, 0.1) is 12.2 Å². The number of hydrogen-bond donors (Lipinski definition) is 0. The first-order chi connectivity index (χ1) is 8.71. The van der Waals surface area contributed by atoms with E-state index in [9.17, 15) is 0 Å². The van der Waals surface area contributed by atoms with Gasteiger partial charge in [0.2, 0.25) is 0 Å². The van der Waals surface area contributed by atoms with E-state index in [1.807, 2.05) is 6.92 Å². The lowest BCUT2D eigenvalue weighted by Gasteiger charge is -2.43. The zero-order valence-corrected chi connectivity index (χ0v) is 14.7. The second kappa shape index (κ2) is 6.43. The van der Waals surface area contributed by atoms with Crippen LogP contribution in [-0.2, 0) is 9.16 Å². The molecular formula is C16H30O2Si. The third kappa shape index (κ3) is 4.34. The van der Waals surface area contributed by atoms with E-state index in [-0.39, 0.29) is 17.2 Å². The summed E-state index contributed by atoms with van der Waals surface area (Å²) in [5.74, 6) is 6.80. The van der Waals surface area contributed by atoms with Gasteiger partial charge in [0.25, 0.3) is 0 Å². The summed E-state index contributed by atoms with van der Waals surface area (Å²) in [5, 5.41) is 0.255. The molecule has 110 valence electrons. The molecule has 0 spiro atoms. The minimum absolute atomic E-state index is 0.203. The molecule has 0 heterocycles. The summed E-state index contributed by atoms with van der Waals surface area (Å²) >= 11 is 0. The number of methoxy groups -OCH3 is 1. The molecule has 3 atom stereocenters. The maximum atomic E-state index is 6.54. The Labute approximate surface area is 120 Å². The van der Waals surface area contributed by atoms with Crippen LogP contribution < -0.4 is 0 Å². The van der Waals surface area contributed by atoms with E-state index in [0.29, 0.717) is 5.92 Å². The molecule has 1 saturated carbocycles. The van der Waals surface area contributed by atoms with Gasteiger partial charge in [-0.3, -0.25) is 0 Å². The number of hydrogen-bond acceptors (Lipinski definition) is 2. The molecule has 1 aliphatic carbocycles. The van der Waals surface area contributed by atoms with E-state index in [4.69, 9.17) is 9.16 Å². The van der Waals surface area contributed by atoms with Gasteiger partial charge in [0, 0.05) is 13.0 Å². The molecule has 0 aromatic rings. The zero-order valence-electron chi connectivity index (χ0n) is 13.7. The average molecular weight is 282 g/mol. The molecule has 3 heteroatoms. The highest BCUT2D eigenvalue weighted by Crippen LogP contribution is 2.40. The van der Waals surface area contributed by atoms with Crippen LogP contribution in [0.15, 0.2) is 0 Å². The van der Waals surface area contributed by atoms with E-state index in [2.05, 4.69) is 45.7 Å². The maximum absolute atomic E-state index is 6.54. The molecule has 1 rings (SSSR count). The number of ether oxygens (including phenoxy) is 1. The first-order valence-electron chi connectivity index (χ1n) is 7.34. The molecule has 2 nitrogen and oxygen atoms in total. The fourth-order valence-corrected chi connectivity index (χ4v) is 3.75. The smallest absolute Gasteiger partial charge is 0.192 e. The molecule has 0 unspecified atom stereocenters. The van der Waals surface area contributed by atoms with Gasteiger partial charge in [-0.25, -0.2) is 0 Å². The van der Waals surface area contributed by atoms with Gasteiger partial charge in [-0.2, -0.15) is 0 Å². The van der Waals surface area contributed by atoms with Crippen molar-refractivity contribution in [3.63, 3.8) is 0 Å². The summed E-state index contributed by atoms with van der Waals surface area (Å²) in [5.41, 5.74) is 0. The fraction of sp³-hybridized carbons (Fsp3) is 0.875. The van der Waals surface area contributed by atoms with Crippen LogP contribution in [0.2, 0.25) is 18.1 Å². The van der Waals surface area contributed by atoms with Crippen molar-refractivity contribution in [3.8, 4) is 11.8 Å². The van der Waals surface area contributed by atoms with Crippen LogP contribution in [0.1, 0.15) is 47.0 Å². The molecule has 0 saturated heterocycles. The number of rotatable bonds is 3. The molecule has 0 amide bonds. The second-order valence-electron chi connectivity index (χ2n) is 7.10. The Kier molecular flexibility index (Phi) is 5.67. The topological polar surface area (TPSA) is 18.5 Å². The zero-order chi connectivity index (χ0) is 14.7. The van der Waals surface area contributed by atoms with E-state index >= 15 is 0 Å². The highest BCUT2D eigenvalue weighted by molar-refractivity contribution is 6.74. The average Bonchev–Trinajstić information content (AvgIpc) is 2.29. The summed E-state index contributed by atoms with van der Waals surface area (Å²) in [7, 11) is 0.0931. The molecule has 0 aromatic heterocycles. The fourth-order valence-electron chi connectivity index (χ4n) is 2.37. The van der Waals surface area contributed by atoms with Crippen LogP contribution in [0.5, 0.6) is 0 Å². The van der Waals surface area contributed by atoms with Gasteiger partial charge in [-0.15, -0.1) is 11.8 Å². The lowest BCUT2D eigenvalue weighted by atomic mass is 9.86. The van der Waals surface area contributed by atoms with Crippen LogP contribution in [0.3, 0.4) is 0 Å². The summed E-state index contributed by atoms with van der Waals surface area (Å²) in [6.07, 6.45) is 3.68. The van der Waals surface area contributed by atoms with Crippen molar-refractivity contribution in [3.05, 3.63) is 0 Å². The third-order valence-electron chi connectivity index (χ3n) is 4.63. The lowest BCUT2D eigenvalue weighted by Crippen LogP contribution is -2.49. The van der Waals surface area contributed by atoms with Crippen LogP contribution in [0, 0.1) is 17.8 Å². The van der Waals surface area contributed by atoms with E-state index in [1.165, 1.54) is 0 Å². The second-order valence-corrected chi connectivity index (χ2v) is 11.9. The largest absolute Gasteiger partial charge is 0.411 e. The lowest BCUT2D eigenvalue weighted by molar-refractivity contribution is -0.0372. The molecule has 0 aromatic carbocycles. The van der Waals surface area contributed by atoms with Crippen LogP contribution in [0.4, 0.5) is 0 Å². The predicted molar refractivity (Wildman–Crippen MR) is 83.7 cm³/mol. The van der Waals surface area contributed by atoms with Crippen LogP contribution in [-0.4, -0.2) is 27.6 Å². The molecule has 0 bridgehead atoms. The Morgan fingerprint density at radius 3 is 2.21 bits per heavy atom. The SMILES string of the molecule is CC#C[C@@H]1CC[C@@H](O[Si](C)(C)C(C)(C)C)[C@H](OC)C1. The van der Waals surface area contributed by atoms with E-state index < -0.39 is 8.32 Å². The molecule has 1 fully saturated rings. The Morgan fingerprint density at radius 1 is 1.11 bits per heavy atom. The molecular weight excluding hydrogens is 252 g/mol. The van der Waals surface area contributed by atoms with Gasteiger partial charge < -0.3 is 9.16 Å². The quantitative estimate of drug-likeness (QED) is 0.570. The van der Waals surface area contributed by atoms with Gasteiger partial charge in [0.1, 0.15) is 0 Å². The maximum Gasteiger partial charge on any atom is 0.192 e. The van der Waals surface area contributed by atoms with Crippen molar-refractivity contribution in [1.82, 2.24) is 0 Å². The molecule has 1 aliphatic rings. The predicted octanol–water partition coefficient (Wildman–Crippen LogP) is 4.22. The summed E-state index contributed by atoms with van der Waals surface area (Å²) in [6.45, 7) is 13.4. The monoisotopic (exact) mass is 282 g/mol. The third-order valence-corrected chi connectivity index (χ3v) is 9.14. The van der Waals surface area contributed by atoms with Gasteiger partial charge in [0.15, 0.2) is 8.32 Å². The minimum atomic E-state index is -1.71. The van der Waals surface area contributed by atoms with Crippen molar-refractivity contribution >= 4 is 8.32 Å². The first-order valence-corrected chi connectivity index (χ1v) is 10.2. The highest BCUT2D eigenvalue weighted by Gasteiger charge is 2.42. The molecule has 19 heavy (non-hydrogen) atoms. The minimum Gasteiger partial charge on any atom is -0.411 e. The highest BCUT2D eigenvalue weighted by atomic mass is 28.4. The summed E-state index contributed by atoms with van der Waals surface area (Å²) in [6, 6.07) is 0. The molecule has 0 N–H and O–H groups in total. The summed E-state index contributed by atoms with van der Waals surface area (Å²) < 4.78 is 12.2. The normalized spacial score (nSPS) is 28.7. The molecule has 0 aliphatic heterocycles. The Bertz CT molecular complexity index is 346. The van der Waals surface area contributed by atoms with Crippen LogP contribution >= 0.6 is 0 Å². The van der Waals surface area contributed by atoms with Crippen LogP contribution in [0.25, 0.3) is 0 Å². The van der Waals surface area contributed by atoms with Crippen molar-refractivity contribution in [2.45, 2.75) is 77.3 Å². The van der Waals surface area contributed by atoms with Gasteiger partial charge in [-0.1, -0.05) is 20.8 Å². The first kappa shape index (κ1) is 16.8. The van der Waals surface area contributed by atoms with Gasteiger partial charge >= 0.3 is 0 Å². The van der Waals surface area contributed by atoms with E-state index in [1.54, 1.807) is 7.11 Å². The van der Waals surface area contributed by atoms with E-state index in [0.717, 1.165) is 19.3 Å². The Balaban J connectivity index is 2.71. The van der Waals surface area contributed by atoms with Crippen molar-refractivity contribution < 1.29 is 9.16 Å².